The number of hydrogen-bond acceptors (Lipinski definition) is 3. The van der Waals surface area contributed by atoms with E-state index in [4.69, 9.17) is 5.11 Å². The fourth-order valence-electron chi connectivity index (χ4n) is 0.904. The van der Waals surface area contributed by atoms with Gasteiger partial charge in [-0.15, -0.1) is 0 Å². The molecule has 1 rings (SSSR count). The molecule has 0 aliphatic carbocycles. The summed E-state index contributed by atoms with van der Waals surface area (Å²) in [5.74, 6) is -0.859. The van der Waals surface area contributed by atoms with Gasteiger partial charge < -0.3 is 10.0 Å². The molecule has 5 heteroatoms. The van der Waals surface area contributed by atoms with Crippen LogP contribution in [0.25, 0.3) is 0 Å². The first-order valence-corrected chi connectivity index (χ1v) is 4.42. The molecule has 0 saturated carbocycles. The molecule has 13 heavy (non-hydrogen) atoms. The number of hydrogen-bond donors (Lipinski definition) is 1. The van der Waals surface area contributed by atoms with Crippen LogP contribution in [-0.4, -0.2) is 29.7 Å². The van der Waals surface area contributed by atoms with Crippen LogP contribution >= 0.6 is 15.9 Å². The van der Waals surface area contributed by atoms with Crippen molar-refractivity contribution in [2.75, 3.05) is 18.5 Å². The second-order valence-electron chi connectivity index (χ2n) is 2.61. The van der Waals surface area contributed by atoms with E-state index in [0.717, 1.165) is 10.2 Å². The maximum Gasteiger partial charge on any atom is 0.323 e. The highest BCUT2D eigenvalue weighted by Crippen LogP contribution is 2.16. The van der Waals surface area contributed by atoms with Crippen LogP contribution in [0, 0.1) is 0 Å². The molecule has 1 aromatic heterocycles. The monoisotopic (exact) mass is 244 g/mol. The number of aromatic nitrogens is 1. The quantitative estimate of drug-likeness (QED) is 0.873. The first kappa shape index (κ1) is 9.98. The molecule has 0 spiro atoms. The molecule has 0 unspecified atom stereocenters. The van der Waals surface area contributed by atoms with Gasteiger partial charge in [-0.2, -0.15) is 0 Å². The van der Waals surface area contributed by atoms with Gasteiger partial charge in [-0.3, -0.25) is 9.78 Å². The molecule has 0 bridgehead atoms. The molecule has 0 radical (unpaired) electrons. The van der Waals surface area contributed by atoms with E-state index in [2.05, 4.69) is 20.9 Å². The number of anilines is 1. The van der Waals surface area contributed by atoms with Gasteiger partial charge in [-0.1, -0.05) is 0 Å². The Bertz CT molecular complexity index is 317. The van der Waals surface area contributed by atoms with Gasteiger partial charge in [-0.05, 0) is 22.0 Å². The lowest BCUT2D eigenvalue weighted by Crippen LogP contribution is -2.25. The Kier molecular flexibility index (Phi) is 3.25. The van der Waals surface area contributed by atoms with E-state index in [0.29, 0.717) is 0 Å². The summed E-state index contributed by atoms with van der Waals surface area (Å²) >= 11 is 3.26. The second kappa shape index (κ2) is 4.23. The molecule has 0 saturated heterocycles. The van der Waals surface area contributed by atoms with E-state index in [1.165, 1.54) is 0 Å². The predicted octanol–water partition coefficient (Wildman–Crippen LogP) is 1.36. The number of rotatable bonds is 3. The number of carboxylic acid groups (broad SMARTS) is 1. The van der Waals surface area contributed by atoms with Crippen LogP contribution in [-0.2, 0) is 4.79 Å². The topological polar surface area (TPSA) is 53.4 Å². The number of carboxylic acids is 1. The number of aliphatic carboxylic acids is 1. The fraction of sp³-hybridized carbons (Fsp3) is 0.250. The average Bonchev–Trinajstić information content (AvgIpc) is 2.03. The van der Waals surface area contributed by atoms with Crippen molar-refractivity contribution in [1.29, 1.82) is 0 Å². The van der Waals surface area contributed by atoms with Gasteiger partial charge in [0.05, 0.1) is 11.9 Å². The first-order chi connectivity index (χ1) is 6.09. The number of nitrogens with zero attached hydrogens (tertiary/aromatic N) is 2. The van der Waals surface area contributed by atoms with Crippen molar-refractivity contribution in [2.24, 2.45) is 0 Å². The van der Waals surface area contributed by atoms with Crippen LogP contribution in [0.4, 0.5) is 5.69 Å². The smallest absolute Gasteiger partial charge is 0.323 e. The van der Waals surface area contributed by atoms with Crippen molar-refractivity contribution in [2.45, 2.75) is 0 Å². The Morgan fingerprint density at radius 2 is 2.38 bits per heavy atom. The minimum atomic E-state index is -0.859. The molecule has 0 aliphatic rings. The van der Waals surface area contributed by atoms with Gasteiger partial charge in [0.25, 0.3) is 0 Å². The van der Waals surface area contributed by atoms with E-state index in [9.17, 15) is 4.79 Å². The molecule has 1 aromatic rings. The molecule has 4 nitrogen and oxygen atoms in total. The third-order valence-corrected chi connectivity index (χ3v) is 1.94. The fourth-order valence-corrected chi connectivity index (χ4v) is 1.26. The summed E-state index contributed by atoms with van der Waals surface area (Å²) < 4.78 is 0.835. The predicted molar refractivity (Wildman–Crippen MR) is 52.8 cm³/mol. The average molecular weight is 245 g/mol. The van der Waals surface area contributed by atoms with Gasteiger partial charge in [0.1, 0.15) is 6.54 Å². The number of pyridine rings is 1. The van der Waals surface area contributed by atoms with E-state index in [1.807, 2.05) is 6.07 Å². The minimum absolute atomic E-state index is 0.0296. The lowest BCUT2D eigenvalue weighted by Gasteiger charge is -2.15. The van der Waals surface area contributed by atoms with Gasteiger partial charge >= 0.3 is 5.97 Å². The molecule has 0 atom stereocenters. The Hall–Kier alpha value is -1.10. The maximum atomic E-state index is 10.4. The maximum absolute atomic E-state index is 10.4. The summed E-state index contributed by atoms with van der Waals surface area (Å²) in [5, 5.41) is 8.54. The minimum Gasteiger partial charge on any atom is -0.480 e. The highest BCUT2D eigenvalue weighted by molar-refractivity contribution is 9.10. The lowest BCUT2D eigenvalue weighted by atomic mass is 10.4. The van der Waals surface area contributed by atoms with E-state index >= 15 is 0 Å². The number of carbonyl (C=O) groups is 1. The zero-order valence-corrected chi connectivity index (χ0v) is 8.65. The van der Waals surface area contributed by atoms with E-state index in [1.54, 1.807) is 24.3 Å². The summed E-state index contributed by atoms with van der Waals surface area (Å²) in [7, 11) is 1.71. The number of halogens is 1. The van der Waals surface area contributed by atoms with Crippen LogP contribution < -0.4 is 4.90 Å². The molecule has 0 aromatic carbocycles. The van der Waals surface area contributed by atoms with E-state index in [-0.39, 0.29) is 6.54 Å². The van der Waals surface area contributed by atoms with Gasteiger partial charge in [0.2, 0.25) is 0 Å². The van der Waals surface area contributed by atoms with Crippen molar-refractivity contribution in [3.05, 3.63) is 22.9 Å². The van der Waals surface area contributed by atoms with Gasteiger partial charge in [0, 0.05) is 17.7 Å². The van der Waals surface area contributed by atoms with Crippen molar-refractivity contribution >= 4 is 27.6 Å². The third-order valence-electron chi connectivity index (χ3n) is 1.50. The SMILES string of the molecule is CN(CC(=O)O)c1cncc(Br)c1. The van der Waals surface area contributed by atoms with Crippen LogP contribution in [0.2, 0.25) is 0 Å². The number of likely N-dealkylation sites (N-methyl/N-ethyl adjacent to an activating group) is 1. The highest BCUT2D eigenvalue weighted by atomic mass is 79.9. The van der Waals surface area contributed by atoms with Crippen LogP contribution in [0.15, 0.2) is 22.9 Å². The van der Waals surface area contributed by atoms with Crippen molar-refractivity contribution in [3.8, 4) is 0 Å². The normalized spacial score (nSPS) is 9.69. The summed E-state index contributed by atoms with van der Waals surface area (Å²) in [6, 6.07) is 1.82. The summed E-state index contributed by atoms with van der Waals surface area (Å²) in [5.41, 5.74) is 0.775. The summed E-state index contributed by atoms with van der Waals surface area (Å²) in [6.07, 6.45) is 3.27. The largest absolute Gasteiger partial charge is 0.480 e. The second-order valence-corrected chi connectivity index (χ2v) is 3.53. The van der Waals surface area contributed by atoms with E-state index < -0.39 is 5.97 Å². The summed E-state index contributed by atoms with van der Waals surface area (Å²) in [6.45, 7) is -0.0296. The highest BCUT2D eigenvalue weighted by Gasteiger charge is 2.05. The lowest BCUT2D eigenvalue weighted by molar-refractivity contribution is -0.135. The van der Waals surface area contributed by atoms with Crippen molar-refractivity contribution in [1.82, 2.24) is 4.98 Å². The van der Waals surface area contributed by atoms with Crippen molar-refractivity contribution in [3.63, 3.8) is 0 Å². The molecule has 0 amide bonds. The van der Waals surface area contributed by atoms with Crippen LogP contribution in [0.3, 0.4) is 0 Å². The summed E-state index contributed by atoms with van der Waals surface area (Å²) in [4.78, 5) is 15.9. The molecule has 70 valence electrons. The first-order valence-electron chi connectivity index (χ1n) is 3.63. The molecule has 1 N–H and O–H groups in total. The van der Waals surface area contributed by atoms with Crippen molar-refractivity contribution < 1.29 is 9.90 Å². The Labute approximate surface area is 84.3 Å². The molecule has 1 heterocycles. The standard InChI is InChI=1S/C8H9BrN2O2/c1-11(5-8(12)13)7-2-6(9)3-10-4-7/h2-4H,5H2,1H3,(H,12,13). The van der Waals surface area contributed by atoms with Gasteiger partial charge in [0.15, 0.2) is 0 Å². The molecule has 0 aliphatic heterocycles. The molecule has 0 fully saturated rings. The zero-order chi connectivity index (χ0) is 9.84. The van der Waals surface area contributed by atoms with Gasteiger partial charge in [-0.25, -0.2) is 0 Å². The zero-order valence-electron chi connectivity index (χ0n) is 7.07. The Morgan fingerprint density at radius 1 is 1.69 bits per heavy atom. The third kappa shape index (κ3) is 3.02. The Balaban J connectivity index is 2.76. The van der Waals surface area contributed by atoms with Crippen LogP contribution in [0.1, 0.15) is 0 Å². The van der Waals surface area contributed by atoms with Crippen LogP contribution in [0.5, 0.6) is 0 Å². The molecular weight excluding hydrogens is 236 g/mol. The Morgan fingerprint density at radius 3 is 2.92 bits per heavy atom. The molecular formula is C8H9BrN2O2.